The largest absolute Gasteiger partial charge is 0.586 e. The predicted octanol–water partition coefficient (Wildman–Crippen LogP) is 2.45. The molecule has 1 atom stereocenters. The predicted molar refractivity (Wildman–Crippen MR) is 80.8 cm³/mol. The highest BCUT2D eigenvalue weighted by atomic mass is 19.3. The molecule has 0 saturated carbocycles. The van der Waals surface area contributed by atoms with Crippen LogP contribution in [0.1, 0.15) is 20.3 Å². The summed E-state index contributed by atoms with van der Waals surface area (Å²) in [5, 5.41) is 2.64. The standard InChI is InChI=1S/C16H18F2N2O4/c1-9(2)7-20-8-10(5-14(20)21)15(22)19-11-3-4-12-13(6-11)24-16(17,18)23-12/h3-4,6,9-10H,5,7-8H2,1-2H3,(H,19,22). The zero-order valence-electron chi connectivity index (χ0n) is 13.3. The van der Waals surface area contributed by atoms with E-state index in [0.717, 1.165) is 0 Å². The van der Waals surface area contributed by atoms with Gasteiger partial charge in [0.05, 0.1) is 5.92 Å². The number of nitrogens with zero attached hydrogens (tertiary/aromatic N) is 1. The van der Waals surface area contributed by atoms with Crippen molar-refractivity contribution in [2.45, 2.75) is 26.6 Å². The van der Waals surface area contributed by atoms with Crippen LogP contribution >= 0.6 is 0 Å². The summed E-state index contributed by atoms with van der Waals surface area (Å²) >= 11 is 0. The van der Waals surface area contributed by atoms with Gasteiger partial charge >= 0.3 is 6.29 Å². The molecular formula is C16H18F2N2O4. The fourth-order valence-corrected chi connectivity index (χ4v) is 2.84. The van der Waals surface area contributed by atoms with Crippen molar-refractivity contribution in [3.05, 3.63) is 18.2 Å². The molecule has 2 aliphatic rings. The second kappa shape index (κ2) is 5.92. The van der Waals surface area contributed by atoms with Crippen molar-refractivity contribution >= 4 is 17.5 Å². The molecule has 0 aromatic heterocycles. The number of nitrogens with one attached hydrogen (secondary N) is 1. The summed E-state index contributed by atoms with van der Waals surface area (Å²) in [4.78, 5) is 25.9. The molecule has 1 aromatic rings. The number of amides is 2. The van der Waals surface area contributed by atoms with Gasteiger partial charge in [-0.1, -0.05) is 13.8 Å². The molecule has 1 N–H and O–H groups in total. The number of benzene rings is 1. The highest BCUT2D eigenvalue weighted by Crippen LogP contribution is 2.42. The minimum Gasteiger partial charge on any atom is -0.395 e. The minimum absolute atomic E-state index is 0.0471. The van der Waals surface area contributed by atoms with Crippen LogP contribution < -0.4 is 14.8 Å². The van der Waals surface area contributed by atoms with Gasteiger partial charge in [-0.3, -0.25) is 9.59 Å². The van der Waals surface area contributed by atoms with Crippen molar-refractivity contribution in [3.8, 4) is 11.5 Å². The number of halogens is 2. The fraction of sp³-hybridized carbons (Fsp3) is 0.500. The lowest BCUT2D eigenvalue weighted by Gasteiger charge is -2.18. The number of rotatable bonds is 4. The third-order valence-corrected chi connectivity index (χ3v) is 3.84. The molecule has 2 aliphatic heterocycles. The maximum atomic E-state index is 13.0. The smallest absolute Gasteiger partial charge is 0.395 e. The van der Waals surface area contributed by atoms with Crippen LogP contribution in [-0.2, 0) is 9.59 Å². The summed E-state index contributed by atoms with van der Waals surface area (Å²) in [6, 6.07) is 4.03. The Balaban J connectivity index is 1.63. The van der Waals surface area contributed by atoms with E-state index in [4.69, 9.17) is 0 Å². The van der Waals surface area contributed by atoms with Crippen molar-refractivity contribution in [2.75, 3.05) is 18.4 Å². The number of carbonyl (C=O) groups excluding carboxylic acids is 2. The van der Waals surface area contributed by atoms with Crippen LogP contribution in [0.15, 0.2) is 18.2 Å². The third-order valence-electron chi connectivity index (χ3n) is 3.84. The highest BCUT2D eigenvalue weighted by Gasteiger charge is 2.43. The van der Waals surface area contributed by atoms with Crippen LogP contribution in [0, 0.1) is 11.8 Å². The van der Waals surface area contributed by atoms with Crippen molar-refractivity contribution in [2.24, 2.45) is 11.8 Å². The van der Waals surface area contributed by atoms with Gasteiger partial charge in [0.2, 0.25) is 11.8 Å². The second-order valence-electron chi connectivity index (χ2n) is 6.41. The van der Waals surface area contributed by atoms with E-state index in [0.29, 0.717) is 24.7 Å². The van der Waals surface area contributed by atoms with Crippen LogP contribution in [0.2, 0.25) is 0 Å². The first-order valence-corrected chi connectivity index (χ1v) is 7.72. The quantitative estimate of drug-likeness (QED) is 0.914. The molecule has 2 amide bonds. The zero-order valence-corrected chi connectivity index (χ0v) is 13.3. The number of carbonyl (C=O) groups is 2. The number of hydrogen-bond acceptors (Lipinski definition) is 4. The first kappa shape index (κ1) is 16.5. The van der Waals surface area contributed by atoms with Gasteiger partial charge < -0.3 is 19.7 Å². The second-order valence-corrected chi connectivity index (χ2v) is 6.41. The molecule has 0 spiro atoms. The van der Waals surface area contributed by atoms with Crippen molar-refractivity contribution in [1.82, 2.24) is 4.90 Å². The van der Waals surface area contributed by atoms with Crippen molar-refractivity contribution < 1.29 is 27.8 Å². The molecule has 24 heavy (non-hydrogen) atoms. The van der Waals surface area contributed by atoms with Gasteiger partial charge in [0.15, 0.2) is 11.5 Å². The normalized spacial score (nSPS) is 21.5. The lowest BCUT2D eigenvalue weighted by molar-refractivity contribution is -0.286. The van der Waals surface area contributed by atoms with E-state index < -0.39 is 12.2 Å². The maximum Gasteiger partial charge on any atom is 0.586 e. The zero-order chi connectivity index (χ0) is 17.5. The molecule has 1 fully saturated rings. The Morgan fingerprint density at radius 1 is 1.38 bits per heavy atom. The van der Waals surface area contributed by atoms with E-state index in [1.807, 2.05) is 13.8 Å². The molecule has 2 heterocycles. The molecule has 3 rings (SSSR count). The first-order valence-electron chi connectivity index (χ1n) is 7.72. The number of fused-ring (bicyclic) bond motifs is 1. The summed E-state index contributed by atoms with van der Waals surface area (Å²) in [5.41, 5.74) is 0.315. The summed E-state index contributed by atoms with van der Waals surface area (Å²) in [6.07, 6.45) is -3.54. The van der Waals surface area contributed by atoms with E-state index in [2.05, 4.69) is 14.8 Å². The fourth-order valence-electron chi connectivity index (χ4n) is 2.84. The lowest BCUT2D eigenvalue weighted by atomic mass is 10.1. The Hall–Kier alpha value is -2.38. The van der Waals surface area contributed by atoms with Crippen LogP contribution in [0.5, 0.6) is 11.5 Å². The van der Waals surface area contributed by atoms with Crippen molar-refractivity contribution in [3.63, 3.8) is 0 Å². The number of alkyl halides is 2. The van der Waals surface area contributed by atoms with Gasteiger partial charge in [-0.25, -0.2) is 0 Å². The van der Waals surface area contributed by atoms with E-state index in [9.17, 15) is 18.4 Å². The van der Waals surface area contributed by atoms with Gasteiger partial charge in [0.1, 0.15) is 0 Å². The van der Waals surface area contributed by atoms with Crippen LogP contribution in [-0.4, -0.2) is 36.1 Å². The molecular weight excluding hydrogens is 322 g/mol. The summed E-state index contributed by atoms with van der Waals surface area (Å²) < 4.78 is 34.6. The minimum atomic E-state index is -3.69. The average Bonchev–Trinajstić information content (AvgIpc) is 2.96. The van der Waals surface area contributed by atoms with E-state index in [-0.39, 0.29) is 29.7 Å². The Bertz CT molecular complexity index is 678. The first-order chi connectivity index (χ1) is 11.2. The number of anilines is 1. The Labute approximate surface area is 137 Å². The van der Waals surface area contributed by atoms with Crippen LogP contribution in [0.25, 0.3) is 0 Å². The van der Waals surface area contributed by atoms with E-state index in [1.165, 1.54) is 18.2 Å². The van der Waals surface area contributed by atoms with Gasteiger partial charge in [-0.05, 0) is 18.1 Å². The van der Waals surface area contributed by atoms with E-state index >= 15 is 0 Å². The van der Waals surface area contributed by atoms with Gasteiger partial charge in [0.25, 0.3) is 0 Å². The molecule has 0 radical (unpaired) electrons. The summed E-state index contributed by atoms with van der Waals surface area (Å²) in [5.74, 6) is -0.720. The third kappa shape index (κ3) is 3.42. The van der Waals surface area contributed by atoms with Crippen LogP contribution in [0.4, 0.5) is 14.5 Å². The maximum absolute atomic E-state index is 13.0. The molecule has 1 unspecified atom stereocenters. The highest BCUT2D eigenvalue weighted by molar-refractivity contribution is 5.97. The SMILES string of the molecule is CC(C)CN1CC(C(=O)Nc2ccc3c(c2)OC(F)(F)O3)CC1=O. The Kier molecular flexibility index (Phi) is 4.06. The topological polar surface area (TPSA) is 67.9 Å². The average molecular weight is 340 g/mol. The molecule has 1 saturated heterocycles. The molecule has 0 aliphatic carbocycles. The Morgan fingerprint density at radius 3 is 2.79 bits per heavy atom. The van der Waals surface area contributed by atoms with Crippen LogP contribution in [0.3, 0.4) is 0 Å². The van der Waals surface area contributed by atoms with E-state index in [1.54, 1.807) is 4.90 Å². The number of likely N-dealkylation sites (tertiary alicyclic amines) is 1. The molecule has 6 nitrogen and oxygen atoms in total. The monoisotopic (exact) mass is 340 g/mol. The van der Waals surface area contributed by atoms with Gasteiger partial charge in [-0.15, -0.1) is 8.78 Å². The van der Waals surface area contributed by atoms with Gasteiger partial charge in [-0.2, -0.15) is 0 Å². The Morgan fingerprint density at radius 2 is 2.08 bits per heavy atom. The lowest BCUT2D eigenvalue weighted by Crippen LogP contribution is -2.31. The van der Waals surface area contributed by atoms with Gasteiger partial charge in [0, 0.05) is 31.3 Å². The summed E-state index contributed by atoms with van der Waals surface area (Å²) in [7, 11) is 0. The molecule has 1 aromatic carbocycles. The molecule has 130 valence electrons. The molecule has 8 heteroatoms. The number of hydrogen-bond donors (Lipinski definition) is 1. The number of ether oxygens (including phenoxy) is 2. The van der Waals surface area contributed by atoms with Crippen molar-refractivity contribution in [1.29, 1.82) is 0 Å². The summed E-state index contributed by atoms with van der Waals surface area (Å²) in [6.45, 7) is 4.99. The molecule has 0 bridgehead atoms.